The van der Waals surface area contributed by atoms with Crippen LogP contribution in [-0.4, -0.2) is 46.7 Å². The quantitative estimate of drug-likeness (QED) is 0.648. The first-order valence-electron chi connectivity index (χ1n) is 4.92. The van der Waals surface area contributed by atoms with Gasteiger partial charge in [-0.3, -0.25) is 0 Å². The molecule has 0 aliphatic carbocycles. The molecule has 1 unspecified atom stereocenters. The van der Waals surface area contributed by atoms with Gasteiger partial charge in [-0.25, -0.2) is 8.42 Å². The van der Waals surface area contributed by atoms with Crippen molar-refractivity contribution >= 4 is 9.84 Å². The van der Waals surface area contributed by atoms with Crippen LogP contribution in [0.15, 0.2) is 0 Å². The van der Waals surface area contributed by atoms with Gasteiger partial charge in [0.1, 0.15) is 0 Å². The first kappa shape index (κ1) is 13.9. The Labute approximate surface area is 86.9 Å². The lowest BCUT2D eigenvalue weighted by Crippen LogP contribution is -2.34. The van der Waals surface area contributed by atoms with E-state index in [1.807, 2.05) is 6.92 Å². The minimum absolute atomic E-state index is 0.0712. The second kappa shape index (κ2) is 7.20. The average molecular weight is 223 g/mol. The Morgan fingerprint density at radius 1 is 1.43 bits per heavy atom. The molecule has 1 atom stereocenters. The third kappa shape index (κ3) is 6.34. The molecule has 0 rings (SSSR count). The van der Waals surface area contributed by atoms with Crippen molar-refractivity contribution in [1.82, 2.24) is 5.32 Å². The van der Waals surface area contributed by atoms with Crippen LogP contribution in [0.3, 0.4) is 0 Å². The fraction of sp³-hybridized carbons (Fsp3) is 1.00. The normalized spacial score (nSPS) is 14.2. The first-order chi connectivity index (χ1) is 6.55. The van der Waals surface area contributed by atoms with Crippen molar-refractivity contribution in [3.8, 4) is 0 Å². The molecule has 14 heavy (non-hydrogen) atoms. The van der Waals surface area contributed by atoms with Crippen LogP contribution < -0.4 is 5.32 Å². The largest absolute Gasteiger partial charge is 0.384 e. The number of rotatable bonds is 8. The molecule has 4 nitrogen and oxygen atoms in total. The molecule has 0 aromatic heterocycles. The lowest BCUT2D eigenvalue weighted by Gasteiger charge is -2.14. The van der Waals surface area contributed by atoms with Crippen molar-refractivity contribution in [3.63, 3.8) is 0 Å². The summed E-state index contributed by atoms with van der Waals surface area (Å²) in [5.74, 6) is 0.325. The molecule has 0 aromatic rings. The Bertz CT molecular complexity index is 226. The van der Waals surface area contributed by atoms with Crippen molar-refractivity contribution in [3.05, 3.63) is 0 Å². The smallest absolute Gasteiger partial charge is 0.154 e. The zero-order valence-electron chi connectivity index (χ0n) is 9.25. The van der Waals surface area contributed by atoms with Gasteiger partial charge in [0.25, 0.3) is 0 Å². The van der Waals surface area contributed by atoms with Crippen LogP contribution in [0.25, 0.3) is 0 Å². The molecule has 0 radical (unpaired) electrons. The molecule has 0 heterocycles. The van der Waals surface area contributed by atoms with Gasteiger partial charge in [0.2, 0.25) is 0 Å². The van der Waals surface area contributed by atoms with Crippen LogP contribution in [-0.2, 0) is 14.6 Å². The van der Waals surface area contributed by atoms with Gasteiger partial charge in [-0.15, -0.1) is 0 Å². The van der Waals surface area contributed by atoms with Crippen molar-refractivity contribution in [1.29, 1.82) is 0 Å². The maximum absolute atomic E-state index is 11.5. The highest BCUT2D eigenvalue weighted by Crippen LogP contribution is 2.01. The summed E-state index contributed by atoms with van der Waals surface area (Å²) in [4.78, 5) is 0. The van der Waals surface area contributed by atoms with Gasteiger partial charge >= 0.3 is 0 Å². The van der Waals surface area contributed by atoms with Crippen molar-refractivity contribution < 1.29 is 13.2 Å². The number of hydrogen-bond donors (Lipinski definition) is 1. The van der Waals surface area contributed by atoms with Gasteiger partial charge in [0.05, 0.1) is 18.1 Å². The predicted molar refractivity (Wildman–Crippen MR) is 58.3 cm³/mol. The highest BCUT2D eigenvalue weighted by Gasteiger charge is 2.16. The molecule has 0 aromatic carbocycles. The fourth-order valence-electron chi connectivity index (χ4n) is 1.26. The fourth-order valence-corrected chi connectivity index (χ4v) is 2.79. The van der Waals surface area contributed by atoms with E-state index in [0.717, 1.165) is 12.8 Å². The Hall–Kier alpha value is -0.130. The lowest BCUT2D eigenvalue weighted by molar-refractivity contribution is 0.217. The van der Waals surface area contributed by atoms with Crippen LogP contribution in [0.2, 0.25) is 0 Å². The van der Waals surface area contributed by atoms with E-state index in [-0.39, 0.29) is 24.2 Å². The van der Waals surface area contributed by atoms with Crippen LogP contribution in [0.4, 0.5) is 0 Å². The van der Waals surface area contributed by atoms with Crippen LogP contribution >= 0.6 is 0 Å². The summed E-state index contributed by atoms with van der Waals surface area (Å²) in [6.45, 7) is 2.33. The molecule has 0 bridgehead atoms. The molecule has 0 saturated carbocycles. The van der Waals surface area contributed by atoms with E-state index in [2.05, 4.69) is 5.32 Å². The Kier molecular flexibility index (Phi) is 7.13. The maximum atomic E-state index is 11.5. The van der Waals surface area contributed by atoms with Gasteiger partial charge in [-0.1, -0.05) is 13.3 Å². The molecule has 1 N–H and O–H groups in total. The minimum atomic E-state index is -2.96. The van der Waals surface area contributed by atoms with E-state index in [0.29, 0.717) is 0 Å². The molecule has 0 aliphatic heterocycles. The third-order valence-corrected chi connectivity index (χ3v) is 3.80. The predicted octanol–water partition coefficient (Wildman–Crippen LogP) is 0.436. The van der Waals surface area contributed by atoms with E-state index in [1.54, 1.807) is 7.05 Å². The minimum Gasteiger partial charge on any atom is -0.384 e. The molecule has 0 amide bonds. The molecular weight excluding hydrogens is 202 g/mol. The number of ether oxygens (including phenoxy) is 1. The molecule has 5 heteroatoms. The SMILES string of the molecule is CCCC(CS(=O)(=O)CCOC)NC. The average Bonchev–Trinajstić information content (AvgIpc) is 2.14. The summed E-state index contributed by atoms with van der Waals surface area (Å²) < 4.78 is 27.8. The highest BCUT2D eigenvalue weighted by molar-refractivity contribution is 7.91. The number of hydrogen-bond acceptors (Lipinski definition) is 4. The van der Waals surface area contributed by atoms with Crippen molar-refractivity contribution in [2.45, 2.75) is 25.8 Å². The third-order valence-electron chi connectivity index (χ3n) is 2.10. The summed E-state index contributed by atoms with van der Waals surface area (Å²) >= 11 is 0. The van der Waals surface area contributed by atoms with Crippen molar-refractivity contribution in [2.75, 3.05) is 32.3 Å². The second-order valence-corrected chi connectivity index (χ2v) is 5.61. The van der Waals surface area contributed by atoms with Gasteiger partial charge in [0.15, 0.2) is 9.84 Å². The molecule has 0 saturated heterocycles. The monoisotopic (exact) mass is 223 g/mol. The van der Waals surface area contributed by atoms with E-state index in [1.165, 1.54) is 7.11 Å². The highest BCUT2D eigenvalue weighted by atomic mass is 32.2. The topological polar surface area (TPSA) is 55.4 Å². The van der Waals surface area contributed by atoms with Gasteiger partial charge < -0.3 is 10.1 Å². The number of methoxy groups -OCH3 is 1. The van der Waals surface area contributed by atoms with E-state index < -0.39 is 9.84 Å². The van der Waals surface area contributed by atoms with E-state index in [4.69, 9.17) is 4.74 Å². The second-order valence-electron chi connectivity index (χ2n) is 3.38. The van der Waals surface area contributed by atoms with Crippen LogP contribution in [0, 0.1) is 0 Å². The standard InChI is InChI=1S/C9H21NO3S/c1-4-5-9(10-2)8-14(11,12)7-6-13-3/h9-10H,4-8H2,1-3H3. The van der Waals surface area contributed by atoms with E-state index >= 15 is 0 Å². The Morgan fingerprint density at radius 2 is 2.07 bits per heavy atom. The maximum Gasteiger partial charge on any atom is 0.154 e. The Balaban J connectivity index is 4.04. The van der Waals surface area contributed by atoms with Gasteiger partial charge in [-0.2, -0.15) is 0 Å². The first-order valence-corrected chi connectivity index (χ1v) is 6.74. The number of sulfone groups is 1. The van der Waals surface area contributed by atoms with Gasteiger partial charge in [0, 0.05) is 13.2 Å². The summed E-state index contributed by atoms with van der Waals surface area (Å²) in [7, 11) is 0.344. The molecule has 0 aliphatic rings. The van der Waals surface area contributed by atoms with E-state index in [9.17, 15) is 8.42 Å². The van der Waals surface area contributed by atoms with Gasteiger partial charge in [-0.05, 0) is 13.5 Å². The van der Waals surface area contributed by atoms with Crippen molar-refractivity contribution in [2.24, 2.45) is 0 Å². The van der Waals surface area contributed by atoms with Crippen LogP contribution in [0.1, 0.15) is 19.8 Å². The summed E-state index contributed by atoms with van der Waals surface area (Å²) in [5, 5.41) is 3.02. The number of nitrogens with one attached hydrogen (secondary N) is 1. The van der Waals surface area contributed by atoms with Crippen LogP contribution in [0.5, 0.6) is 0 Å². The molecule has 0 spiro atoms. The molecular formula is C9H21NO3S. The summed E-state index contributed by atoms with van der Waals surface area (Å²) in [5.41, 5.74) is 0. The molecule has 86 valence electrons. The lowest BCUT2D eigenvalue weighted by atomic mass is 10.2. The zero-order valence-corrected chi connectivity index (χ0v) is 10.1. The summed E-state index contributed by atoms with van der Waals surface area (Å²) in [6.07, 6.45) is 1.88. The molecule has 0 fully saturated rings. The Morgan fingerprint density at radius 3 is 2.50 bits per heavy atom. The zero-order chi connectivity index (χ0) is 11.0. The summed E-state index contributed by atoms with van der Waals surface area (Å²) in [6, 6.07) is 0.0712.